The molecule has 11 atom stereocenters. The normalized spacial score (nSPS) is 23.2. The number of amides is 4. The number of aliphatic hydroxyl groups is 4. The van der Waals surface area contributed by atoms with Crippen LogP contribution in [0.1, 0.15) is 246 Å². The lowest BCUT2D eigenvalue weighted by molar-refractivity contribution is -0.328. The van der Waals surface area contributed by atoms with E-state index in [1.54, 1.807) is 0 Å². The number of ether oxygens (including phenoxy) is 11. The molecule has 4 aliphatic heterocycles. The van der Waals surface area contributed by atoms with E-state index < -0.39 is 73.5 Å². The first kappa shape index (κ1) is 92.6. The molecule has 0 radical (unpaired) electrons. The van der Waals surface area contributed by atoms with Crippen LogP contribution >= 0.6 is 0 Å². The van der Waals surface area contributed by atoms with E-state index in [1.807, 2.05) is 0 Å². The number of nitrogens with zero attached hydrogens (tertiary/aromatic N) is 1. The number of nitrogens with one attached hydrogen (secondary N) is 4. The summed E-state index contributed by atoms with van der Waals surface area (Å²) in [6, 6.07) is -1.77. The summed E-state index contributed by atoms with van der Waals surface area (Å²) < 4.78 is 64.9. The predicted octanol–water partition coefficient (Wildman–Crippen LogP) is 10.2. The fourth-order valence-electron chi connectivity index (χ4n) is 13.3. The molecule has 0 saturated carbocycles. The Morgan fingerprint density at radius 1 is 0.481 bits per heavy atom. The molecule has 4 rings (SSSR count). The highest BCUT2D eigenvalue weighted by Crippen LogP contribution is 2.36. The molecule has 4 fully saturated rings. The molecule has 0 aromatic carbocycles. The van der Waals surface area contributed by atoms with Gasteiger partial charge in [-0.3, -0.25) is 19.2 Å². The molecule has 0 aromatic heterocycles. The molecule has 4 unspecified atom stereocenters. The minimum atomic E-state index is -1.40. The minimum absolute atomic E-state index is 0.00317. The van der Waals surface area contributed by atoms with E-state index >= 15 is 0 Å². The Hall–Kier alpha value is -3.80. The standard InChI is InChI=1S/C80H143N5O19/c1-5-7-9-11-13-15-17-19-21-23-25-27-29-31-33-39-45-80(46-40-34-32-30-28-26-24-22-20-18-16-14-12-10-8-6-2)101-63-67(104-80)61-85(49-41-35-37-43-70(89)81-47-51-94-53-55-96-57-59-98-78-72(83-65(3)87)75(92)74(91)68(62-86)102-78)50-42-36-38-44-71(90)82-48-52-95-54-56-97-58-60-99-79-73(84-66(4)88)76(93)77-69(103-79)64-100-77/h13-16,19-22,67-69,72-79,86,91-93H,5-12,17-18,23-64H2,1-4H3,(H,81,89)(H,82,90)(H,83,87)(H,84,88)/b15-13-,16-14-,21-19-,22-20-/t67-,68?,69?,72-,73-,74-,75?,76?,77-,78+,79+/m0/s1. The van der Waals surface area contributed by atoms with Crippen molar-refractivity contribution in [2.75, 3.05) is 119 Å². The number of hydrogen-bond acceptors (Lipinski definition) is 20. The van der Waals surface area contributed by atoms with Crippen LogP contribution in [0.5, 0.6) is 0 Å². The van der Waals surface area contributed by atoms with Gasteiger partial charge in [-0.1, -0.05) is 152 Å². The molecule has 24 heteroatoms. The van der Waals surface area contributed by atoms with Crippen LogP contribution in [0.15, 0.2) is 48.6 Å². The fourth-order valence-corrected chi connectivity index (χ4v) is 13.3. The second-order valence-corrected chi connectivity index (χ2v) is 28.4. The average molecular weight is 1480 g/mol. The van der Waals surface area contributed by atoms with Gasteiger partial charge in [-0.2, -0.15) is 0 Å². The molecule has 24 nitrogen and oxygen atoms in total. The third-order valence-corrected chi connectivity index (χ3v) is 19.3. The zero-order valence-electron chi connectivity index (χ0n) is 64.6. The molecular weight excluding hydrogens is 1330 g/mol. The van der Waals surface area contributed by atoms with Crippen LogP contribution in [0, 0.1) is 0 Å². The zero-order chi connectivity index (χ0) is 74.8. The molecule has 8 N–H and O–H groups in total. The van der Waals surface area contributed by atoms with Crippen LogP contribution in [-0.2, 0) is 71.3 Å². The number of carbonyl (C=O) groups excluding carboxylic acids is 4. The van der Waals surface area contributed by atoms with Gasteiger partial charge in [0.25, 0.3) is 0 Å². The average Bonchev–Trinajstić information content (AvgIpc) is 1.04. The number of allylic oxidation sites excluding steroid dienone is 8. The van der Waals surface area contributed by atoms with Gasteiger partial charge in [0.05, 0.1) is 92.0 Å². The van der Waals surface area contributed by atoms with Crippen LogP contribution in [0.2, 0.25) is 0 Å². The van der Waals surface area contributed by atoms with Gasteiger partial charge < -0.3 is 98.7 Å². The summed E-state index contributed by atoms with van der Waals surface area (Å²) in [5.74, 6) is -1.32. The van der Waals surface area contributed by atoms with Gasteiger partial charge in [-0.25, -0.2) is 0 Å². The highest BCUT2D eigenvalue weighted by Gasteiger charge is 2.52. The van der Waals surface area contributed by atoms with Crippen molar-refractivity contribution >= 4 is 23.6 Å². The maximum atomic E-state index is 12.9. The molecule has 0 aromatic rings. The number of hydrogen-bond donors (Lipinski definition) is 8. The van der Waals surface area contributed by atoms with Crippen LogP contribution < -0.4 is 21.3 Å². The Balaban J connectivity index is 1.19. The van der Waals surface area contributed by atoms with Crippen molar-refractivity contribution in [2.45, 2.75) is 319 Å². The Labute approximate surface area is 625 Å². The van der Waals surface area contributed by atoms with Gasteiger partial charge in [-0.05, 0) is 116 Å². The molecule has 4 saturated heterocycles. The van der Waals surface area contributed by atoms with Crippen molar-refractivity contribution in [3.05, 3.63) is 48.6 Å². The Kier molecular flexibility index (Phi) is 54.3. The molecular formula is C80H143N5O19. The van der Waals surface area contributed by atoms with Crippen molar-refractivity contribution in [2.24, 2.45) is 0 Å². The Bertz CT molecular complexity index is 2240. The highest BCUT2D eigenvalue weighted by atomic mass is 16.7. The van der Waals surface area contributed by atoms with Gasteiger partial charge in [0.2, 0.25) is 23.6 Å². The number of unbranched alkanes of at least 4 members (excludes halogenated alkanes) is 22. The largest absolute Gasteiger partial charge is 0.394 e. The first-order chi connectivity index (χ1) is 50.8. The van der Waals surface area contributed by atoms with Crippen LogP contribution in [0.4, 0.5) is 0 Å². The van der Waals surface area contributed by atoms with Crippen LogP contribution in [-0.4, -0.2) is 241 Å². The van der Waals surface area contributed by atoms with Gasteiger partial charge in [0.15, 0.2) is 18.4 Å². The van der Waals surface area contributed by atoms with Crippen molar-refractivity contribution in [3.63, 3.8) is 0 Å². The third kappa shape index (κ3) is 43.4. The van der Waals surface area contributed by atoms with Crippen molar-refractivity contribution in [1.82, 2.24) is 26.2 Å². The number of carbonyl (C=O) groups is 4. The number of fused-ring (bicyclic) bond motifs is 1. The first-order valence-electron chi connectivity index (χ1n) is 40.6. The van der Waals surface area contributed by atoms with E-state index in [4.69, 9.17) is 52.1 Å². The zero-order valence-corrected chi connectivity index (χ0v) is 64.6. The molecule has 4 heterocycles. The first-order valence-corrected chi connectivity index (χ1v) is 40.6. The molecule has 602 valence electrons. The fraction of sp³-hybridized carbons (Fsp3) is 0.850. The number of rotatable bonds is 67. The van der Waals surface area contributed by atoms with E-state index in [1.165, 1.54) is 129 Å². The van der Waals surface area contributed by atoms with Crippen LogP contribution in [0.25, 0.3) is 0 Å². The van der Waals surface area contributed by atoms with Crippen LogP contribution in [0.3, 0.4) is 0 Å². The summed E-state index contributed by atoms with van der Waals surface area (Å²) in [6.07, 6.45) is 48.0. The molecule has 0 bridgehead atoms. The van der Waals surface area contributed by atoms with Gasteiger partial charge >= 0.3 is 0 Å². The lowest BCUT2D eigenvalue weighted by Crippen LogP contribution is -2.69. The SMILES string of the molecule is CCCCC/C=C\C/C=C\CCCCCCCCC1(CCCCCCCC/C=C\C/C=C\CCCCC)OC[C@H](CN(CCCCCC(=O)NCCOCCOCCO[C@@H]2OC(CO)[C@H](O)C(O)[C@@H]2NC(C)=O)CCCCCC(=O)NCCOCCOCCO[C@@H]2OC3CO[C@@H]3C(O)[C@@H]2NC(C)=O)O1. The van der Waals surface area contributed by atoms with Gasteiger partial charge in [0.1, 0.15) is 48.7 Å². The van der Waals surface area contributed by atoms with Gasteiger partial charge in [-0.15, -0.1) is 0 Å². The Morgan fingerprint density at radius 3 is 1.36 bits per heavy atom. The lowest BCUT2D eigenvalue weighted by Gasteiger charge is -2.49. The summed E-state index contributed by atoms with van der Waals surface area (Å²) in [5.41, 5.74) is 0. The maximum absolute atomic E-state index is 12.9. The summed E-state index contributed by atoms with van der Waals surface area (Å²) in [7, 11) is 0. The second kappa shape index (κ2) is 61.0. The molecule has 104 heavy (non-hydrogen) atoms. The van der Waals surface area contributed by atoms with Crippen molar-refractivity contribution in [1.29, 1.82) is 0 Å². The minimum Gasteiger partial charge on any atom is -0.394 e. The number of aliphatic hydroxyl groups excluding tert-OH is 4. The van der Waals surface area contributed by atoms with E-state index in [-0.39, 0.29) is 63.0 Å². The van der Waals surface area contributed by atoms with E-state index in [0.29, 0.717) is 72.2 Å². The smallest absolute Gasteiger partial charge is 0.220 e. The molecule has 4 aliphatic rings. The quantitative estimate of drug-likeness (QED) is 0.0207. The highest BCUT2D eigenvalue weighted by molar-refractivity contribution is 5.76. The predicted molar refractivity (Wildman–Crippen MR) is 403 cm³/mol. The van der Waals surface area contributed by atoms with Gasteiger partial charge in [0, 0.05) is 59.2 Å². The van der Waals surface area contributed by atoms with E-state index in [0.717, 1.165) is 110 Å². The second-order valence-electron chi connectivity index (χ2n) is 28.4. The summed E-state index contributed by atoms with van der Waals surface area (Å²) in [4.78, 5) is 51.7. The lowest BCUT2D eigenvalue weighted by atomic mass is 9.93. The Morgan fingerprint density at radius 2 is 0.904 bits per heavy atom. The van der Waals surface area contributed by atoms with Crippen molar-refractivity contribution in [3.8, 4) is 0 Å². The summed E-state index contributed by atoms with van der Waals surface area (Å²) >= 11 is 0. The molecule has 0 aliphatic carbocycles. The molecule has 4 amide bonds. The maximum Gasteiger partial charge on any atom is 0.220 e. The topological polar surface area (TPSA) is 302 Å². The monoisotopic (exact) mass is 1480 g/mol. The van der Waals surface area contributed by atoms with Crippen molar-refractivity contribution < 1.29 is 91.7 Å². The van der Waals surface area contributed by atoms with E-state index in [9.17, 15) is 39.6 Å². The summed E-state index contributed by atoms with van der Waals surface area (Å²) in [6.45, 7) is 13.5. The summed E-state index contributed by atoms with van der Waals surface area (Å²) in [5, 5.41) is 52.1. The third-order valence-electron chi connectivity index (χ3n) is 19.3. The molecule has 0 spiro atoms. The van der Waals surface area contributed by atoms with E-state index in [2.05, 4.69) is 88.6 Å².